The van der Waals surface area contributed by atoms with Crippen LogP contribution >= 0.6 is 11.6 Å². The molecular weight excluding hydrogens is 326 g/mol. The smallest absolute Gasteiger partial charge is 0.223 e. The third kappa shape index (κ3) is 2.37. The Morgan fingerprint density at radius 2 is 2.26 bits per heavy atom. The van der Waals surface area contributed by atoms with Crippen molar-refractivity contribution in [2.45, 2.75) is 30.5 Å². The first kappa shape index (κ1) is 16.1. The molecule has 0 spiro atoms. The number of fused-ring (bicyclic) bond motifs is 1. The molecule has 3 heterocycles. The monoisotopic (exact) mass is 341 g/mol. The second kappa shape index (κ2) is 5.69. The number of aliphatic hydroxyl groups excluding tert-OH is 2. The molecule has 1 fully saturated rings. The summed E-state index contributed by atoms with van der Waals surface area (Å²) in [6.45, 7) is 3.12. The van der Waals surface area contributed by atoms with Crippen LogP contribution in [-0.4, -0.2) is 59.3 Å². The minimum atomic E-state index is -1.71. The number of aromatic nitrogens is 4. The van der Waals surface area contributed by atoms with Gasteiger partial charge in [0.15, 0.2) is 17.0 Å². The molecule has 1 aliphatic heterocycles. The van der Waals surface area contributed by atoms with Gasteiger partial charge in [-0.15, -0.1) is 6.58 Å². The summed E-state index contributed by atoms with van der Waals surface area (Å²) in [6.07, 6.45) is -0.490. The van der Waals surface area contributed by atoms with E-state index in [-0.39, 0.29) is 28.7 Å². The number of nitrogens with two attached hydrogens (primary N) is 1. The summed E-state index contributed by atoms with van der Waals surface area (Å²) in [7, 11) is 0. The third-order valence-corrected chi connectivity index (χ3v) is 4.16. The molecule has 4 atom stereocenters. The average molecular weight is 342 g/mol. The lowest BCUT2D eigenvalue weighted by molar-refractivity contribution is -0.105. The normalized spacial score (nSPS) is 30.9. The van der Waals surface area contributed by atoms with Gasteiger partial charge < -0.3 is 25.8 Å². The number of aliphatic hydroxyl groups is 3. The van der Waals surface area contributed by atoms with Crippen molar-refractivity contribution in [2.75, 3.05) is 12.3 Å². The number of nitrogens with zero attached hydrogens (tertiary/aromatic N) is 4. The third-order valence-electron chi connectivity index (χ3n) is 3.90. The zero-order valence-electron chi connectivity index (χ0n) is 12.0. The van der Waals surface area contributed by atoms with Crippen LogP contribution in [0.1, 0.15) is 12.6 Å². The highest BCUT2D eigenvalue weighted by molar-refractivity contribution is 6.33. The van der Waals surface area contributed by atoms with E-state index in [1.54, 1.807) is 0 Å². The maximum atomic E-state index is 10.9. The molecular formula is C13H16ClN5O4. The van der Waals surface area contributed by atoms with Crippen LogP contribution in [0.15, 0.2) is 19.0 Å². The predicted molar refractivity (Wildman–Crippen MR) is 81.5 cm³/mol. The number of halogens is 1. The molecule has 9 nitrogen and oxygen atoms in total. The van der Waals surface area contributed by atoms with Crippen molar-refractivity contribution in [3.8, 4) is 0 Å². The van der Waals surface area contributed by atoms with Gasteiger partial charge in [-0.05, 0) is 0 Å². The summed E-state index contributed by atoms with van der Waals surface area (Å²) in [6, 6.07) is 0. The fraction of sp³-hybridized carbons (Fsp3) is 0.462. The molecule has 4 unspecified atom stereocenters. The van der Waals surface area contributed by atoms with E-state index in [0.29, 0.717) is 0 Å². The highest BCUT2D eigenvalue weighted by Crippen LogP contribution is 2.42. The average Bonchev–Trinajstić information content (AvgIpc) is 3.01. The molecule has 124 valence electrons. The van der Waals surface area contributed by atoms with Crippen molar-refractivity contribution in [3.05, 3.63) is 24.1 Å². The molecule has 1 saturated heterocycles. The lowest BCUT2D eigenvalue weighted by atomic mass is 9.90. The Kier molecular flexibility index (Phi) is 3.98. The van der Waals surface area contributed by atoms with Crippen molar-refractivity contribution in [2.24, 2.45) is 0 Å². The van der Waals surface area contributed by atoms with E-state index in [1.807, 2.05) is 0 Å². The van der Waals surface area contributed by atoms with Gasteiger partial charge in [0.2, 0.25) is 5.95 Å². The molecule has 0 aromatic carbocycles. The van der Waals surface area contributed by atoms with E-state index in [4.69, 9.17) is 22.1 Å². The van der Waals surface area contributed by atoms with E-state index in [2.05, 4.69) is 21.5 Å². The summed E-state index contributed by atoms with van der Waals surface area (Å²) < 4.78 is 7.01. The van der Waals surface area contributed by atoms with Crippen LogP contribution in [0.2, 0.25) is 5.15 Å². The molecule has 2 aromatic rings. The van der Waals surface area contributed by atoms with Crippen molar-refractivity contribution in [3.63, 3.8) is 0 Å². The molecule has 10 heteroatoms. The summed E-state index contributed by atoms with van der Waals surface area (Å²) >= 11 is 5.98. The number of imidazole rings is 1. The Balaban J connectivity index is 2.14. The van der Waals surface area contributed by atoms with Gasteiger partial charge >= 0.3 is 0 Å². The van der Waals surface area contributed by atoms with Gasteiger partial charge in [0, 0.05) is 6.42 Å². The molecule has 0 amide bonds. The number of hydrogen-bond acceptors (Lipinski definition) is 8. The van der Waals surface area contributed by atoms with Crippen molar-refractivity contribution in [1.82, 2.24) is 19.5 Å². The van der Waals surface area contributed by atoms with Crippen LogP contribution in [0.4, 0.5) is 5.95 Å². The molecule has 2 aromatic heterocycles. The summed E-state index contributed by atoms with van der Waals surface area (Å²) in [5.41, 5.74) is 4.42. The lowest BCUT2D eigenvalue weighted by Gasteiger charge is -2.30. The predicted octanol–water partition coefficient (Wildman–Crippen LogP) is -0.380. The van der Waals surface area contributed by atoms with E-state index < -0.39 is 30.6 Å². The molecule has 5 N–H and O–H groups in total. The zero-order chi connectivity index (χ0) is 16.8. The quantitative estimate of drug-likeness (QED) is 0.436. The largest absolute Gasteiger partial charge is 0.394 e. The molecule has 3 rings (SSSR count). The number of anilines is 1. The maximum Gasteiger partial charge on any atom is 0.223 e. The molecule has 1 aliphatic rings. The first-order valence-corrected chi connectivity index (χ1v) is 7.23. The van der Waals surface area contributed by atoms with Gasteiger partial charge in [-0.3, -0.25) is 4.57 Å². The fourth-order valence-electron chi connectivity index (χ4n) is 2.80. The highest BCUT2D eigenvalue weighted by atomic mass is 35.5. The Labute approximate surface area is 136 Å². The lowest BCUT2D eigenvalue weighted by Crippen LogP contribution is -2.46. The number of rotatable bonds is 4. The van der Waals surface area contributed by atoms with E-state index in [9.17, 15) is 15.3 Å². The van der Waals surface area contributed by atoms with E-state index in [1.165, 1.54) is 17.0 Å². The van der Waals surface area contributed by atoms with Crippen LogP contribution in [0.3, 0.4) is 0 Å². The van der Waals surface area contributed by atoms with Crippen LogP contribution in [-0.2, 0) is 4.74 Å². The standard InChI is InChI=1S/C13H16ClN5O4/c1-2-3-13(22)8(21)6(4-20)23-11(13)19-5-16-7-9(14)17-12(15)18-10(7)19/h2,5-6,8,11,20-22H,1,3-4H2,(H2,15,17,18). The van der Waals surface area contributed by atoms with Crippen LogP contribution < -0.4 is 5.73 Å². The van der Waals surface area contributed by atoms with E-state index >= 15 is 0 Å². The molecule has 0 bridgehead atoms. The maximum absolute atomic E-state index is 10.9. The van der Waals surface area contributed by atoms with Gasteiger partial charge in [0.05, 0.1) is 12.9 Å². The van der Waals surface area contributed by atoms with Crippen LogP contribution in [0.25, 0.3) is 11.2 Å². The molecule has 23 heavy (non-hydrogen) atoms. The Bertz CT molecular complexity index is 753. The minimum absolute atomic E-state index is 0.0311. The van der Waals surface area contributed by atoms with Crippen LogP contribution in [0, 0.1) is 0 Å². The van der Waals surface area contributed by atoms with Crippen molar-refractivity contribution >= 4 is 28.7 Å². The molecule has 0 radical (unpaired) electrons. The SMILES string of the molecule is C=CCC1(O)C(O)C(CO)OC1n1cnc2c(Cl)nc(N)nc21. The number of hydrogen-bond donors (Lipinski definition) is 4. The Hall–Kier alpha value is -1.78. The second-order valence-corrected chi connectivity index (χ2v) is 5.69. The van der Waals surface area contributed by atoms with Crippen LogP contribution in [0.5, 0.6) is 0 Å². The van der Waals surface area contributed by atoms with Gasteiger partial charge in [0.25, 0.3) is 0 Å². The van der Waals surface area contributed by atoms with E-state index in [0.717, 1.165) is 0 Å². The van der Waals surface area contributed by atoms with Gasteiger partial charge in [-0.25, -0.2) is 4.98 Å². The number of nitrogen functional groups attached to an aromatic ring is 1. The first-order chi connectivity index (χ1) is 10.9. The summed E-state index contributed by atoms with van der Waals surface area (Å²) in [5, 5.41) is 30.6. The summed E-state index contributed by atoms with van der Waals surface area (Å²) in [5.74, 6) is -0.0613. The molecule has 0 aliphatic carbocycles. The number of ether oxygens (including phenoxy) is 1. The first-order valence-electron chi connectivity index (χ1n) is 6.85. The van der Waals surface area contributed by atoms with Crippen molar-refractivity contribution < 1.29 is 20.1 Å². The summed E-state index contributed by atoms with van der Waals surface area (Å²) in [4.78, 5) is 12.0. The minimum Gasteiger partial charge on any atom is -0.394 e. The fourth-order valence-corrected chi connectivity index (χ4v) is 3.02. The van der Waals surface area contributed by atoms with Gasteiger partial charge in [-0.1, -0.05) is 17.7 Å². The second-order valence-electron chi connectivity index (χ2n) is 5.34. The van der Waals surface area contributed by atoms with Crippen molar-refractivity contribution in [1.29, 1.82) is 0 Å². The molecule has 0 saturated carbocycles. The highest BCUT2D eigenvalue weighted by Gasteiger charge is 2.55. The Morgan fingerprint density at radius 3 is 2.91 bits per heavy atom. The Morgan fingerprint density at radius 1 is 1.52 bits per heavy atom. The van der Waals surface area contributed by atoms with Gasteiger partial charge in [-0.2, -0.15) is 9.97 Å². The van der Waals surface area contributed by atoms with Gasteiger partial charge in [0.1, 0.15) is 23.3 Å². The topological polar surface area (TPSA) is 140 Å². The zero-order valence-corrected chi connectivity index (χ0v) is 12.8.